The highest BCUT2D eigenvalue weighted by Crippen LogP contribution is 2.29. The van der Waals surface area contributed by atoms with Gasteiger partial charge in [-0.05, 0) is 11.5 Å². The maximum absolute atomic E-state index is 12.6. The molecular weight excluding hydrogens is 284 g/mol. The molecule has 1 aromatic rings. The van der Waals surface area contributed by atoms with Crippen LogP contribution in [0.4, 0.5) is 0 Å². The Labute approximate surface area is 128 Å². The van der Waals surface area contributed by atoms with Crippen LogP contribution in [0.2, 0.25) is 0 Å². The fourth-order valence-corrected chi connectivity index (χ4v) is 5.06. The minimum Gasteiger partial charge on any atom is -0.326 e. The summed E-state index contributed by atoms with van der Waals surface area (Å²) in [5.41, 5.74) is 7.32. The van der Waals surface area contributed by atoms with Gasteiger partial charge in [0.25, 0.3) is 0 Å². The minimum absolute atomic E-state index is 0.0997. The van der Waals surface area contributed by atoms with Gasteiger partial charge in [-0.1, -0.05) is 57.0 Å². The predicted molar refractivity (Wildman–Crippen MR) is 86.6 cm³/mol. The molecule has 2 rings (SSSR count). The quantitative estimate of drug-likeness (QED) is 0.876. The summed E-state index contributed by atoms with van der Waals surface area (Å²) < 4.78 is 26.7. The molecule has 21 heavy (non-hydrogen) atoms. The lowest BCUT2D eigenvalue weighted by Crippen LogP contribution is -2.35. The molecule has 0 spiro atoms. The molecule has 4 nitrogen and oxygen atoms in total. The molecule has 2 N–H and O–H groups in total. The molecule has 0 amide bonds. The molecule has 0 aromatic heterocycles. The van der Waals surface area contributed by atoms with Gasteiger partial charge in [-0.25, -0.2) is 8.42 Å². The SMILES string of the molecule is CCC(CC)CS(=O)(=O)N1C[C@@H](N)[C@H](c2ccccc2)C1. The molecule has 0 saturated carbocycles. The van der Waals surface area contributed by atoms with Gasteiger partial charge in [0.05, 0.1) is 5.75 Å². The molecule has 1 aliphatic heterocycles. The molecule has 0 bridgehead atoms. The lowest BCUT2D eigenvalue weighted by atomic mass is 9.95. The van der Waals surface area contributed by atoms with E-state index in [-0.39, 0.29) is 23.6 Å². The highest BCUT2D eigenvalue weighted by Gasteiger charge is 2.37. The summed E-state index contributed by atoms with van der Waals surface area (Å²) >= 11 is 0. The van der Waals surface area contributed by atoms with Gasteiger partial charge >= 0.3 is 0 Å². The van der Waals surface area contributed by atoms with Gasteiger partial charge in [-0.3, -0.25) is 0 Å². The second-order valence-corrected chi connectivity index (χ2v) is 7.97. The van der Waals surface area contributed by atoms with Crippen molar-refractivity contribution in [2.24, 2.45) is 11.7 Å². The number of benzene rings is 1. The fraction of sp³-hybridized carbons (Fsp3) is 0.625. The van der Waals surface area contributed by atoms with Crippen LogP contribution in [0.5, 0.6) is 0 Å². The second kappa shape index (κ2) is 6.90. The summed E-state index contributed by atoms with van der Waals surface area (Å²) in [5, 5.41) is 0. The zero-order chi connectivity index (χ0) is 15.5. The number of sulfonamides is 1. The minimum atomic E-state index is -3.20. The van der Waals surface area contributed by atoms with E-state index in [1.54, 1.807) is 4.31 Å². The summed E-state index contributed by atoms with van der Waals surface area (Å²) in [5.74, 6) is 0.582. The Morgan fingerprint density at radius 2 is 1.81 bits per heavy atom. The van der Waals surface area contributed by atoms with Gasteiger partial charge in [-0.15, -0.1) is 0 Å². The predicted octanol–water partition coefficient (Wildman–Crippen LogP) is 2.18. The number of nitrogens with zero attached hydrogens (tertiary/aromatic N) is 1. The number of hydrogen-bond donors (Lipinski definition) is 1. The largest absolute Gasteiger partial charge is 0.326 e. The molecule has 1 heterocycles. The zero-order valence-corrected chi connectivity index (χ0v) is 13.7. The van der Waals surface area contributed by atoms with Crippen molar-refractivity contribution in [3.63, 3.8) is 0 Å². The van der Waals surface area contributed by atoms with Crippen molar-refractivity contribution in [1.29, 1.82) is 0 Å². The maximum Gasteiger partial charge on any atom is 0.214 e. The van der Waals surface area contributed by atoms with Crippen LogP contribution >= 0.6 is 0 Å². The summed E-state index contributed by atoms with van der Waals surface area (Å²) in [6.07, 6.45) is 1.80. The van der Waals surface area contributed by atoms with Crippen LogP contribution < -0.4 is 5.73 Å². The Kier molecular flexibility index (Phi) is 5.41. The molecule has 1 saturated heterocycles. The lowest BCUT2D eigenvalue weighted by molar-refractivity contribution is 0.449. The molecule has 1 aliphatic rings. The van der Waals surface area contributed by atoms with Gasteiger partial charge in [-0.2, -0.15) is 4.31 Å². The second-order valence-electron chi connectivity index (χ2n) is 5.96. The van der Waals surface area contributed by atoms with E-state index in [0.29, 0.717) is 13.1 Å². The van der Waals surface area contributed by atoms with Crippen molar-refractivity contribution in [2.75, 3.05) is 18.8 Å². The molecule has 1 fully saturated rings. The molecule has 0 aliphatic carbocycles. The average Bonchev–Trinajstić information content (AvgIpc) is 2.88. The van der Waals surface area contributed by atoms with Crippen LogP contribution in [-0.2, 0) is 10.0 Å². The van der Waals surface area contributed by atoms with Crippen LogP contribution in [0.3, 0.4) is 0 Å². The van der Waals surface area contributed by atoms with Gasteiger partial charge in [0.1, 0.15) is 0 Å². The summed E-state index contributed by atoms with van der Waals surface area (Å²) in [6.45, 7) is 5.04. The molecule has 5 heteroatoms. The Bertz CT molecular complexity index is 541. The summed E-state index contributed by atoms with van der Waals surface area (Å²) in [4.78, 5) is 0. The molecular formula is C16H26N2O2S. The highest BCUT2D eigenvalue weighted by molar-refractivity contribution is 7.89. The monoisotopic (exact) mass is 310 g/mol. The van der Waals surface area contributed by atoms with Crippen LogP contribution in [0.15, 0.2) is 30.3 Å². The van der Waals surface area contributed by atoms with E-state index in [2.05, 4.69) is 0 Å². The first kappa shape index (κ1) is 16.5. The van der Waals surface area contributed by atoms with Crippen molar-refractivity contribution in [3.8, 4) is 0 Å². The van der Waals surface area contributed by atoms with E-state index in [1.165, 1.54) is 0 Å². The lowest BCUT2D eigenvalue weighted by Gasteiger charge is -2.20. The Morgan fingerprint density at radius 1 is 1.19 bits per heavy atom. The van der Waals surface area contributed by atoms with E-state index in [9.17, 15) is 8.42 Å². The third kappa shape index (κ3) is 3.84. The van der Waals surface area contributed by atoms with E-state index in [1.807, 2.05) is 44.2 Å². The Balaban J connectivity index is 2.10. The molecule has 0 radical (unpaired) electrons. The van der Waals surface area contributed by atoms with E-state index in [0.717, 1.165) is 18.4 Å². The molecule has 2 atom stereocenters. The van der Waals surface area contributed by atoms with Crippen molar-refractivity contribution in [3.05, 3.63) is 35.9 Å². The van der Waals surface area contributed by atoms with Crippen LogP contribution in [0.25, 0.3) is 0 Å². The molecule has 118 valence electrons. The van der Waals surface area contributed by atoms with Crippen molar-refractivity contribution in [2.45, 2.75) is 38.6 Å². The van der Waals surface area contributed by atoms with Crippen LogP contribution in [0, 0.1) is 5.92 Å². The molecule has 1 aromatic carbocycles. The maximum atomic E-state index is 12.6. The highest BCUT2D eigenvalue weighted by atomic mass is 32.2. The van der Waals surface area contributed by atoms with Gasteiger partial charge < -0.3 is 5.73 Å². The first-order valence-electron chi connectivity index (χ1n) is 7.76. The van der Waals surface area contributed by atoms with E-state index in [4.69, 9.17) is 5.73 Å². The summed E-state index contributed by atoms with van der Waals surface area (Å²) in [7, 11) is -3.20. The third-order valence-corrected chi connectivity index (χ3v) is 6.53. The summed E-state index contributed by atoms with van der Waals surface area (Å²) in [6, 6.07) is 9.85. The van der Waals surface area contributed by atoms with Crippen LogP contribution in [0.1, 0.15) is 38.2 Å². The number of hydrogen-bond acceptors (Lipinski definition) is 3. The molecule has 0 unspecified atom stereocenters. The standard InChI is InChI=1S/C16H26N2O2S/c1-3-13(4-2)12-21(19,20)18-10-15(16(17)11-18)14-8-6-5-7-9-14/h5-9,13,15-16H,3-4,10-12,17H2,1-2H3/t15-,16+/m0/s1. The first-order chi connectivity index (χ1) is 9.97. The van der Waals surface area contributed by atoms with Crippen molar-refractivity contribution >= 4 is 10.0 Å². The van der Waals surface area contributed by atoms with Crippen LogP contribution in [-0.4, -0.2) is 37.6 Å². The average molecular weight is 310 g/mol. The normalized spacial score (nSPS) is 23.8. The van der Waals surface area contributed by atoms with Gasteiger partial charge in [0, 0.05) is 25.0 Å². The van der Waals surface area contributed by atoms with E-state index >= 15 is 0 Å². The Hall–Kier alpha value is -0.910. The van der Waals surface area contributed by atoms with E-state index < -0.39 is 10.0 Å². The van der Waals surface area contributed by atoms with Crippen molar-refractivity contribution in [1.82, 2.24) is 4.31 Å². The smallest absolute Gasteiger partial charge is 0.214 e. The van der Waals surface area contributed by atoms with Gasteiger partial charge in [0.2, 0.25) is 10.0 Å². The Morgan fingerprint density at radius 3 is 2.38 bits per heavy atom. The zero-order valence-electron chi connectivity index (χ0n) is 12.9. The first-order valence-corrected chi connectivity index (χ1v) is 9.37. The fourth-order valence-electron chi connectivity index (χ4n) is 3.00. The van der Waals surface area contributed by atoms with Crippen molar-refractivity contribution < 1.29 is 8.42 Å². The third-order valence-electron chi connectivity index (χ3n) is 4.55. The number of rotatable bonds is 6. The number of nitrogens with two attached hydrogens (primary N) is 1. The topological polar surface area (TPSA) is 63.4 Å². The van der Waals surface area contributed by atoms with Gasteiger partial charge in [0.15, 0.2) is 0 Å².